The molecule has 94 valence electrons. The molecule has 6 heteroatoms. The smallest absolute Gasteiger partial charge is 0.331 e. The van der Waals surface area contributed by atoms with Crippen LogP contribution in [0.4, 0.5) is 0 Å². The Hall–Kier alpha value is -1.72. The molecule has 0 aromatic rings. The molecule has 1 aliphatic carbocycles. The number of carbonyl (C=O) groups excluding carboxylic acids is 4. The monoisotopic (exact) mass is 242 g/mol. The standard InChI is InChI=1S/C11H14O6/c1-10(2)6(12)5-11(7(10)13,8(14)16-3)9(15)17-4/h5H2,1-4H3. The number of rotatable bonds is 2. The highest BCUT2D eigenvalue weighted by Crippen LogP contribution is 2.44. The van der Waals surface area contributed by atoms with E-state index in [4.69, 9.17) is 0 Å². The van der Waals surface area contributed by atoms with Gasteiger partial charge in [-0.3, -0.25) is 19.2 Å². The molecule has 1 aliphatic rings. The molecule has 6 nitrogen and oxygen atoms in total. The van der Waals surface area contributed by atoms with Gasteiger partial charge in [0.1, 0.15) is 5.78 Å². The van der Waals surface area contributed by atoms with E-state index in [0.717, 1.165) is 14.2 Å². The topological polar surface area (TPSA) is 86.7 Å². The lowest BCUT2D eigenvalue weighted by Crippen LogP contribution is -2.47. The van der Waals surface area contributed by atoms with E-state index in [9.17, 15) is 19.2 Å². The van der Waals surface area contributed by atoms with E-state index in [1.54, 1.807) is 0 Å². The molecule has 1 rings (SSSR count). The highest BCUT2D eigenvalue weighted by atomic mass is 16.5. The predicted molar refractivity (Wildman–Crippen MR) is 54.9 cm³/mol. The van der Waals surface area contributed by atoms with Gasteiger partial charge in [0.05, 0.1) is 19.6 Å². The Morgan fingerprint density at radius 3 is 1.71 bits per heavy atom. The lowest BCUT2D eigenvalue weighted by atomic mass is 9.80. The van der Waals surface area contributed by atoms with Crippen molar-refractivity contribution in [2.24, 2.45) is 10.8 Å². The van der Waals surface area contributed by atoms with Crippen molar-refractivity contribution in [2.75, 3.05) is 14.2 Å². The Morgan fingerprint density at radius 1 is 1.06 bits per heavy atom. The van der Waals surface area contributed by atoms with Crippen LogP contribution in [0.2, 0.25) is 0 Å². The molecule has 1 fully saturated rings. The van der Waals surface area contributed by atoms with Crippen LogP contribution in [0.5, 0.6) is 0 Å². The van der Waals surface area contributed by atoms with Crippen LogP contribution in [-0.2, 0) is 28.7 Å². The number of Topliss-reactive ketones (excluding diaryl/α,β-unsaturated/α-hetero) is 2. The van der Waals surface area contributed by atoms with E-state index >= 15 is 0 Å². The van der Waals surface area contributed by atoms with Gasteiger partial charge in [0, 0.05) is 6.42 Å². The Morgan fingerprint density at radius 2 is 1.47 bits per heavy atom. The maximum atomic E-state index is 12.1. The Kier molecular flexibility index (Phi) is 3.09. The van der Waals surface area contributed by atoms with Crippen LogP contribution < -0.4 is 0 Å². The number of hydrogen-bond acceptors (Lipinski definition) is 6. The second kappa shape index (κ2) is 3.94. The maximum Gasteiger partial charge on any atom is 0.331 e. The van der Waals surface area contributed by atoms with Crippen LogP contribution in [0, 0.1) is 10.8 Å². The summed E-state index contributed by atoms with van der Waals surface area (Å²) >= 11 is 0. The molecule has 0 aliphatic heterocycles. The van der Waals surface area contributed by atoms with Gasteiger partial charge in [-0.15, -0.1) is 0 Å². The van der Waals surface area contributed by atoms with E-state index in [1.807, 2.05) is 0 Å². The molecule has 0 saturated heterocycles. The van der Waals surface area contributed by atoms with Gasteiger partial charge in [0.15, 0.2) is 5.78 Å². The number of hydrogen-bond donors (Lipinski definition) is 0. The molecule has 0 aromatic heterocycles. The van der Waals surface area contributed by atoms with Gasteiger partial charge < -0.3 is 9.47 Å². The fourth-order valence-corrected chi connectivity index (χ4v) is 1.96. The van der Waals surface area contributed by atoms with Crippen LogP contribution in [0.15, 0.2) is 0 Å². The van der Waals surface area contributed by atoms with Crippen LogP contribution in [0.1, 0.15) is 20.3 Å². The minimum atomic E-state index is -2.13. The van der Waals surface area contributed by atoms with Crippen LogP contribution in [0.3, 0.4) is 0 Å². The summed E-state index contributed by atoms with van der Waals surface area (Å²) in [5, 5.41) is 0. The second-order valence-corrected chi connectivity index (χ2v) is 4.44. The third-order valence-electron chi connectivity index (χ3n) is 3.15. The molecule has 0 amide bonds. The molecule has 0 spiro atoms. The number of esters is 2. The van der Waals surface area contributed by atoms with Crippen LogP contribution in [-0.4, -0.2) is 37.7 Å². The molecular weight excluding hydrogens is 228 g/mol. The fraction of sp³-hybridized carbons (Fsp3) is 0.636. The second-order valence-electron chi connectivity index (χ2n) is 4.44. The molecule has 0 radical (unpaired) electrons. The van der Waals surface area contributed by atoms with E-state index in [2.05, 4.69) is 9.47 Å². The average Bonchev–Trinajstić information content (AvgIpc) is 2.49. The van der Waals surface area contributed by atoms with Crippen molar-refractivity contribution in [3.8, 4) is 0 Å². The molecule has 17 heavy (non-hydrogen) atoms. The van der Waals surface area contributed by atoms with Crippen molar-refractivity contribution in [3.63, 3.8) is 0 Å². The summed E-state index contributed by atoms with van der Waals surface area (Å²) in [4.78, 5) is 47.2. The first-order chi connectivity index (χ1) is 7.75. The van der Waals surface area contributed by atoms with Crippen molar-refractivity contribution in [2.45, 2.75) is 20.3 Å². The first kappa shape index (κ1) is 13.3. The summed E-state index contributed by atoms with van der Waals surface area (Å²) in [6, 6.07) is 0. The average molecular weight is 242 g/mol. The highest BCUT2D eigenvalue weighted by molar-refractivity contribution is 6.32. The molecule has 0 atom stereocenters. The minimum Gasteiger partial charge on any atom is -0.468 e. The molecule has 0 aromatic carbocycles. The first-order valence-electron chi connectivity index (χ1n) is 5.00. The summed E-state index contributed by atoms with van der Waals surface area (Å²) < 4.78 is 8.92. The van der Waals surface area contributed by atoms with Gasteiger partial charge in [0.2, 0.25) is 5.41 Å². The number of methoxy groups -OCH3 is 2. The minimum absolute atomic E-state index is 0.474. The highest BCUT2D eigenvalue weighted by Gasteiger charge is 2.67. The summed E-state index contributed by atoms with van der Waals surface area (Å²) in [6.45, 7) is 2.76. The van der Waals surface area contributed by atoms with Gasteiger partial charge in [0.25, 0.3) is 0 Å². The molecule has 0 heterocycles. The molecule has 1 saturated carbocycles. The number of ether oxygens (including phenoxy) is 2. The largest absolute Gasteiger partial charge is 0.468 e. The van der Waals surface area contributed by atoms with E-state index in [1.165, 1.54) is 13.8 Å². The summed E-state index contributed by atoms with van der Waals surface area (Å²) in [6.07, 6.45) is -0.502. The summed E-state index contributed by atoms with van der Waals surface area (Å²) in [7, 11) is 2.10. The van der Waals surface area contributed by atoms with E-state index < -0.39 is 40.8 Å². The Balaban J connectivity index is 3.39. The van der Waals surface area contributed by atoms with Crippen molar-refractivity contribution in [3.05, 3.63) is 0 Å². The van der Waals surface area contributed by atoms with Crippen LogP contribution in [0.25, 0.3) is 0 Å². The van der Waals surface area contributed by atoms with Crippen LogP contribution >= 0.6 is 0 Å². The number of carbonyl (C=O) groups is 4. The van der Waals surface area contributed by atoms with Gasteiger partial charge in [-0.1, -0.05) is 0 Å². The Bertz CT molecular complexity index is 390. The van der Waals surface area contributed by atoms with Gasteiger partial charge in [-0.25, -0.2) is 0 Å². The quantitative estimate of drug-likeness (QED) is 0.496. The SMILES string of the molecule is COC(=O)C1(C(=O)OC)CC(=O)C(C)(C)C1=O. The normalized spacial score (nSPS) is 21.2. The fourth-order valence-electron chi connectivity index (χ4n) is 1.96. The van der Waals surface area contributed by atoms with Gasteiger partial charge in [-0.2, -0.15) is 0 Å². The third kappa shape index (κ3) is 1.55. The lowest BCUT2D eigenvalue weighted by molar-refractivity contribution is -0.171. The molecule has 0 N–H and O–H groups in total. The zero-order chi connectivity index (χ0) is 13.4. The third-order valence-corrected chi connectivity index (χ3v) is 3.15. The molecule has 0 bridgehead atoms. The summed E-state index contributed by atoms with van der Waals surface area (Å²) in [5.74, 6) is -3.34. The van der Waals surface area contributed by atoms with Gasteiger partial charge in [-0.05, 0) is 13.8 Å². The zero-order valence-corrected chi connectivity index (χ0v) is 10.2. The summed E-state index contributed by atoms with van der Waals surface area (Å²) in [5.41, 5.74) is -3.51. The maximum absolute atomic E-state index is 12.1. The van der Waals surface area contributed by atoms with Crippen molar-refractivity contribution in [1.82, 2.24) is 0 Å². The van der Waals surface area contributed by atoms with Crippen molar-refractivity contribution in [1.29, 1.82) is 0 Å². The first-order valence-corrected chi connectivity index (χ1v) is 5.00. The molecular formula is C11H14O6. The zero-order valence-electron chi connectivity index (χ0n) is 10.2. The van der Waals surface area contributed by atoms with E-state index in [-0.39, 0.29) is 0 Å². The van der Waals surface area contributed by atoms with Gasteiger partial charge >= 0.3 is 11.9 Å². The predicted octanol–water partition coefficient (Wildman–Crippen LogP) is -0.113. The lowest BCUT2D eigenvalue weighted by Gasteiger charge is -2.22. The van der Waals surface area contributed by atoms with E-state index in [0.29, 0.717) is 0 Å². The van der Waals surface area contributed by atoms with Crippen molar-refractivity contribution < 1.29 is 28.7 Å². The molecule has 0 unspecified atom stereocenters. The number of ketones is 2. The Labute approximate surface area is 98.3 Å². The van der Waals surface area contributed by atoms with Crippen molar-refractivity contribution >= 4 is 23.5 Å².